The van der Waals surface area contributed by atoms with E-state index in [2.05, 4.69) is 29.3 Å². The SMILES string of the molecule is CCCCNC(=NCc1cc2ccccc2o1)N1CCCC1.I. The molecule has 0 aliphatic carbocycles. The van der Waals surface area contributed by atoms with Crippen LogP contribution in [-0.2, 0) is 6.54 Å². The Morgan fingerprint density at radius 3 is 2.78 bits per heavy atom. The van der Waals surface area contributed by atoms with E-state index in [9.17, 15) is 0 Å². The van der Waals surface area contributed by atoms with Crippen LogP contribution in [0.1, 0.15) is 38.4 Å². The van der Waals surface area contributed by atoms with Crippen molar-refractivity contribution in [3.05, 3.63) is 36.1 Å². The molecule has 1 fully saturated rings. The second-order valence-corrected chi connectivity index (χ2v) is 5.86. The van der Waals surface area contributed by atoms with Crippen molar-refractivity contribution in [1.82, 2.24) is 10.2 Å². The van der Waals surface area contributed by atoms with Crippen LogP contribution in [0, 0.1) is 0 Å². The van der Waals surface area contributed by atoms with E-state index in [0.717, 1.165) is 42.3 Å². The van der Waals surface area contributed by atoms with Gasteiger partial charge in [-0.05, 0) is 31.4 Å². The van der Waals surface area contributed by atoms with E-state index in [1.54, 1.807) is 0 Å². The minimum atomic E-state index is 0. The summed E-state index contributed by atoms with van der Waals surface area (Å²) in [6.07, 6.45) is 4.90. The Morgan fingerprint density at radius 2 is 2.04 bits per heavy atom. The number of furan rings is 1. The topological polar surface area (TPSA) is 40.8 Å². The average molecular weight is 427 g/mol. The number of halogens is 1. The number of fused-ring (bicyclic) bond motifs is 1. The molecule has 0 spiro atoms. The largest absolute Gasteiger partial charge is 0.459 e. The third kappa shape index (κ3) is 4.86. The third-order valence-corrected chi connectivity index (χ3v) is 4.08. The van der Waals surface area contributed by atoms with Gasteiger partial charge in [0.1, 0.15) is 17.9 Å². The maximum atomic E-state index is 5.85. The van der Waals surface area contributed by atoms with Crippen LogP contribution in [0.25, 0.3) is 11.0 Å². The minimum absolute atomic E-state index is 0. The van der Waals surface area contributed by atoms with E-state index >= 15 is 0 Å². The monoisotopic (exact) mass is 427 g/mol. The molecule has 5 heteroatoms. The van der Waals surface area contributed by atoms with Gasteiger partial charge in [0.05, 0.1) is 0 Å². The highest BCUT2D eigenvalue weighted by atomic mass is 127. The first kappa shape index (κ1) is 18.1. The number of likely N-dealkylation sites (tertiary alicyclic amines) is 1. The Balaban J connectivity index is 0.00000192. The fraction of sp³-hybridized carbons (Fsp3) is 0.500. The lowest BCUT2D eigenvalue weighted by Gasteiger charge is -2.21. The molecule has 0 amide bonds. The molecule has 0 unspecified atom stereocenters. The van der Waals surface area contributed by atoms with Crippen molar-refractivity contribution >= 4 is 40.9 Å². The number of nitrogens with one attached hydrogen (secondary N) is 1. The highest BCUT2D eigenvalue weighted by Gasteiger charge is 2.16. The number of aliphatic imine (C=N–C) groups is 1. The summed E-state index contributed by atoms with van der Waals surface area (Å²) in [7, 11) is 0. The predicted molar refractivity (Wildman–Crippen MR) is 106 cm³/mol. The number of para-hydroxylation sites is 1. The van der Waals surface area contributed by atoms with Gasteiger partial charge in [-0.25, -0.2) is 4.99 Å². The van der Waals surface area contributed by atoms with Crippen LogP contribution >= 0.6 is 24.0 Å². The second kappa shape index (κ2) is 9.15. The first-order valence-corrected chi connectivity index (χ1v) is 8.37. The summed E-state index contributed by atoms with van der Waals surface area (Å²) in [5, 5.41) is 4.65. The fourth-order valence-electron chi connectivity index (χ4n) is 2.84. The Morgan fingerprint density at radius 1 is 1.26 bits per heavy atom. The van der Waals surface area contributed by atoms with Gasteiger partial charge in [-0.3, -0.25) is 0 Å². The molecule has 0 atom stereocenters. The first-order chi connectivity index (χ1) is 10.9. The van der Waals surface area contributed by atoms with Gasteiger partial charge in [0.25, 0.3) is 0 Å². The zero-order chi connectivity index (χ0) is 15.2. The molecule has 0 bridgehead atoms. The number of guanidine groups is 1. The Kier molecular flexibility index (Phi) is 7.20. The van der Waals surface area contributed by atoms with E-state index in [-0.39, 0.29) is 24.0 Å². The van der Waals surface area contributed by atoms with Gasteiger partial charge >= 0.3 is 0 Å². The van der Waals surface area contributed by atoms with E-state index in [1.165, 1.54) is 25.7 Å². The van der Waals surface area contributed by atoms with E-state index < -0.39 is 0 Å². The van der Waals surface area contributed by atoms with Crippen LogP contribution in [-0.4, -0.2) is 30.5 Å². The maximum absolute atomic E-state index is 5.85. The second-order valence-electron chi connectivity index (χ2n) is 5.86. The van der Waals surface area contributed by atoms with Crippen LogP contribution in [0.2, 0.25) is 0 Å². The lowest BCUT2D eigenvalue weighted by molar-refractivity contribution is 0.485. The lowest BCUT2D eigenvalue weighted by atomic mass is 10.2. The normalized spacial score (nSPS) is 15.0. The fourth-order valence-corrected chi connectivity index (χ4v) is 2.84. The number of nitrogens with zero attached hydrogens (tertiary/aromatic N) is 2. The lowest BCUT2D eigenvalue weighted by Crippen LogP contribution is -2.40. The third-order valence-electron chi connectivity index (χ3n) is 4.08. The van der Waals surface area contributed by atoms with Crippen molar-refractivity contribution in [2.75, 3.05) is 19.6 Å². The van der Waals surface area contributed by atoms with Gasteiger partial charge < -0.3 is 14.6 Å². The van der Waals surface area contributed by atoms with E-state index in [4.69, 9.17) is 9.41 Å². The molecule has 0 saturated carbocycles. The number of rotatable bonds is 5. The highest BCUT2D eigenvalue weighted by molar-refractivity contribution is 14.0. The molecule has 1 aromatic carbocycles. The molecule has 126 valence electrons. The molecule has 1 aliphatic rings. The molecule has 3 rings (SSSR count). The van der Waals surface area contributed by atoms with Crippen LogP contribution < -0.4 is 5.32 Å². The summed E-state index contributed by atoms with van der Waals surface area (Å²) in [4.78, 5) is 7.14. The maximum Gasteiger partial charge on any atom is 0.194 e. The van der Waals surface area contributed by atoms with Gasteiger partial charge in [-0.2, -0.15) is 0 Å². The van der Waals surface area contributed by atoms with Crippen molar-refractivity contribution in [2.24, 2.45) is 4.99 Å². The summed E-state index contributed by atoms with van der Waals surface area (Å²) >= 11 is 0. The number of hydrogen-bond acceptors (Lipinski definition) is 2. The Labute approximate surface area is 155 Å². The highest BCUT2D eigenvalue weighted by Crippen LogP contribution is 2.19. The summed E-state index contributed by atoms with van der Waals surface area (Å²) in [5.74, 6) is 1.96. The predicted octanol–water partition coefficient (Wildman–Crippen LogP) is 4.39. The van der Waals surface area contributed by atoms with Gasteiger partial charge in [-0.1, -0.05) is 31.5 Å². The zero-order valence-corrected chi connectivity index (χ0v) is 16.1. The van der Waals surface area contributed by atoms with Crippen LogP contribution in [0.3, 0.4) is 0 Å². The Hall–Kier alpha value is -1.24. The van der Waals surface area contributed by atoms with Crippen molar-refractivity contribution < 1.29 is 4.42 Å². The van der Waals surface area contributed by atoms with Gasteiger partial charge in [0, 0.05) is 25.0 Å². The Bertz CT molecular complexity index is 599. The molecular weight excluding hydrogens is 401 g/mol. The first-order valence-electron chi connectivity index (χ1n) is 8.37. The zero-order valence-electron chi connectivity index (χ0n) is 13.8. The minimum Gasteiger partial charge on any atom is -0.459 e. The van der Waals surface area contributed by atoms with Crippen molar-refractivity contribution in [3.63, 3.8) is 0 Å². The summed E-state index contributed by atoms with van der Waals surface area (Å²) in [5.41, 5.74) is 0.939. The average Bonchev–Trinajstić information content (AvgIpc) is 3.19. The van der Waals surface area contributed by atoms with Gasteiger partial charge in [0.15, 0.2) is 5.96 Å². The van der Waals surface area contributed by atoms with Crippen LogP contribution in [0.5, 0.6) is 0 Å². The van der Waals surface area contributed by atoms with Crippen LogP contribution in [0.15, 0.2) is 39.7 Å². The van der Waals surface area contributed by atoms with Crippen molar-refractivity contribution in [1.29, 1.82) is 0 Å². The molecule has 1 N–H and O–H groups in total. The molecule has 0 radical (unpaired) electrons. The quantitative estimate of drug-likeness (QED) is 0.333. The molecule has 4 nitrogen and oxygen atoms in total. The van der Waals surface area contributed by atoms with Crippen molar-refractivity contribution in [2.45, 2.75) is 39.2 Å². The van der Waals surface area contributed by atoms with Crippen molar-refractivity contribution in [3.8, 4) is 0 Å². The van der Waals surface area contributed by atoms with Gasteiger partial charge in [-0.15, -0.1) is 24.0 Å². The van der Waals surface area contributed by atoms with E-state index in [1.807, 2.05) is 18.2 Å². The number of hydrogen-bond donors (Lipinski definition) is 1. The molecule has 1 saturated heterocycles. The molecule has 23 heavy (non-hydrogen) atoms. The van der Waals surface area contributed by atoms with Crippen LogP contribution in [0.4, 0.5) is 0 Å². The molecule has 2 aromatic rings. The molecular formula is C18H26IN3O. The summed E-state index contributed by atoms with van der Waals surface area (Å²) < 4.78 is 5.85. The molecule has 1 aromatic heterocycles. The number of benzene rings is 1. The summed E-state index contributed by atoms with van der Waals surface area (Å²) in [6, 6.07) is 10.2. The standard InChI is InChI=1S/C18H25N3O.HI/c1-2-3-10-19-18(21-11-6-7-12-21)20-14-16-13-15-8-4-5-9-17(15)22-16;/h4-5,8-9,13H,2-3,6-7,10-12,14H2,1H3,(H,19,20);1H. The number of unbranched alkanes of at least 4 members (excludes halogenated alkanes) is 1. The smallest absolute Gasteiger partial charge is 0.194 e. The van der Waals surface area contributed by atoms with Gasteiger partial charge in [0.2, 0.25) is 0 Å². The summed E-state index contributed by atoms with van der Waals surface area (Å²) in [6.45, 7) is 6.02. The molecule has 2 heterocycles. The van der Waals surface area contributed by atoms with E-state index in [0.29, 0.717) is 6.54 Å². The molecule has 1 aliphatic heterocycles.